The Hall–Kier alpha value is -1.56. The molecule has 3 nitrogen and oxygen atoms in total. The number of hydrogen-bond acceptors (Lipinski definition) is 2. The molecule has 0 aliphatic carbocycles. The number of para-hydroxylation sites is 1. The molecule has 1 rings (SSSR count). The van der Waals surface area contributed by atoms with E-state index in [2.05, 4.69) is 5.32 Å². The van der Waals surface area contributed by atoms with Gasteiger partial charge >= 0.3 is 6.18 Å². The average Bonchev–Trinajstić information content (AvgIpc) is 2.19. The molecular formula is C11H13F3N2O. The summed E-state index contributed by atoms with van der Waals surface area (Å²) in [6.07, 6.45) is -4.30. The zero-order valence-corrected chi connectivity index (χ0v) is 9.27. The van der Waals surface area contributed by atoms with Crippen molar-refractivity contribution in [2.75, 3.05) is 18.4 Å². The van der Waals surface area contributed by atoms with E-state index >= 15 is 0 Å². The minimum Gasteiger partial charge on any atom is -0.325 e. The first kappa shape index (κ1) is 13.5. The molecule has 0 aromatic heterocycles. The standard InChI is InChI=1S/C11H13F3N2O/c1-8-4-2-3-5-9(8)16-10(17)6-15-7-11(12,13)14/h2-5,15H,6-7H2,1H3,(H,16,17). The van der Waals surface area contributed by atoms with E-state index in [0.717, 1.165) is 5.56 Å². The zero-order chi connectivity index (χ0) is 12.9. The lowest BCUT2D eigenvalue weighted by Crippen LogP contribution is -2.35. The van der Waals surface area contributed by atoms with Crippen molar-refractivity contribution in [3.05, 3.63) is 29.8 Å². The Morgan fingerprint density at radius 2 is 1.94 bits per heavy atom. The van der Waals surface area contributed by atoms with Crippen molar-refractivity contribution in [1.82, 2.24) is 5.32 Å². The maximum atomic E-state index is 11.8. The number of alkyl halides is 3. The van der Waals surface area contributed by atoms with E-state index in [4.69, 9.17) is 0 Å². The highest BCUT2D eigenvalue weighted by molar-refractivity contribution is 5.92. The highest BCUT2D eigenvalue weighted by atomic mass is 19.4. The van der Waals surface area contributed by atoms with Crippen LogP contribution < -0.4 is 10.6 Å². The molecule has 1 amide bonds. The fourth-order valence-electron chi connectivity index (χ4n) is 1.23. The van der Waals surface area contributed by atoms with Gasteiger partial charge in [-0.25, -0.2) is 0 Å². The number of amides is 1. The molecule has 0 fully saturated rings. The SMILES string of the molecule is Cc1ccccc1NC(=O)CNCC(F)(F)F. The summed E-state index contributed by atoms with van der Waals surface area (Å²) in [7, 11) is 0. The van der Waals surface area contributed by atoms with Gasteiger partial charge in [-0.2, -0.15) is 13.2 Å². The van der Waals surface area contributed by atoms with Crippen molar-refractivity contribution < 1.29 is 18.0 Å². The molecule has 6 heteroatoms. The molecule has 94 valence electrons. The Balaban J connectivity index is 2.38. The largest absolute Gasteiger partial charge is 0.401 e. The number of benzene rings is 1. The molecule has 0 bridgehead atoms. The summed E-state index contributed by atoms with van der Waals surface area (Å²) in [5, 5.41) is 4.56. The third-order valence-corrected chi connectivity index (χ3v) is 2.03. The Morgan fingerprint density at radius 3 is 2.53 bits per heavy atom. The summed E-state index contributed by atoms with van der Waals surface area (Å²) in [6, 6.07) is 7.05. The number of anilines is 1. The summed E-state index contributed by atoms with van der Waals surface area (Å²) >= 11 is 0. The van der Waals surface area contributed by atoms with E-state index in [1.54, 1.807) is 25.1 Å². The second kappa shape index (κ2) is 5.67. The second-order valence-electron chi connectivity index (χ2n) is 3.58. The fourth-order valence-corrected chi connectivity index (χ4v) is 1.23. The lowest BCUT2D eigenvalue weighted by molar-refractivity contribution is -0.126. The molecule has 0 atom stereocenters. The minimum atomic E-state index is -4.30. The highest BCUT2D eigenvalue weighted by Crippen LogP contribution is 2.13. The van der Waals surface area contributed by atoms with Crippen LogP contribution in [0.1, 0.15) is 5.56 Å². The predicted molar refractivity (Wildman–Crippen MR) is 58.7 cm³/mol. The molecule has 0 spiro atoms. The van der Waals surface area contributed by atoms with Crippen LogP contribution in [0, 0.1) is 6.92 Å². The van der Waals surface area contributed by atoms with Gasteiger partial charge in [-0.1, -0.05) is 18.2 Å². The summed E-state index contributed by atoms with van der Waals surface area (Å²) in [4.78, 5) is 11.3. The monoisotopic (exact) mass is 246 g/mol. The number of nitrogens with one attached hydrogen (secondary N) is 2. The van der Waals surface area contributed by atoms with Crippen LogP contribution in [-0.2, 0) is 4.79 Å². The summed E-state index contributed by atoms with van der Waals surface area (Å²) in [5.74, 6) is -0.497. The van der Waals surface area contributed by atoms with Crippen molar-refractivity contribution >= 4 is 11.6 Å². The molecule has 0 saturated heterocycles. The normalized spacial score (nSPS) is 11.3. The van der Waals surface area contributed by atoms with Gasteiger partial charge in [0.05, 0.1) is 13.1 Å². The number of halogens is 3. The smallest absolute Gasteiger partial charge is 0.325 e. The molecule has 0 radical (unpaired) electrons. The van der Waals surface area contributed by atoms with Crippen molar-refractivity contribution in [1.29, 1.82) is 0 Å². The van der Waals surface area contributed by atoms with Gasteiger partial charge in [0.25, 0.3) is 0 Å². The molecule has 0 aliphatic heterocycles. The average molecular weight is 246 g/mol. The van der Waals surface area contributed by atoms with Crippen molar-refractivity contribution in [3.8, 4) is 0 Å². The van der Waals surface area contributed by atoms with Gasteiger partial charge in [0, 0.05) is 5.69 Å². The Bertz CT molecular complexity index is 391. The van der Waals surface area contributed by atoms with E-state index in [1.165, 1.54) is 0 Å². The van der Waals surface area contributed by atoms with Crippen molar-refractivity contribution in [2.24, 2.45) is 0 Å². The van der Waals surface area contributed by atoms with E-state index in [0.29, 0.717) is 5.69 Å². The van der Waals surface area contributed by atoms with Gasteiger partial charge in [-0.3, -0.25) is 4.79 Å². The van der Waals surface area contributed by atoms with Crippen LogP contribution in [0.15, 0.2) is 24.3 Å². The first-order valence-electron chi connectivity index (χ1n) is 5.01. The Morgan fingerprint density at radius 1 is 1.29 bits per heavy atom. The number of rotatable bonds is 4. The van der Waals surface area contributed by atoms with Crippen molar-refractivity contribution in [3.63, 3.8) is 0 Å². The lowest BCUT2D eigenvalue weighted by Gasteiger charge is -2.10. The van der Waals surface area contributed by atoms with E-state index < -0.39 is 18.6 Å². The molecular weight excluding hydrogens is 233 g/mol. The Labute approximate surface area is 97.0 Å². The van der Waals surface area contributed by atoms with Gasteiger partial charge < -0.3 is 10.6 Å². The van der Waals surface area contributed by atoms with Gasteiger partial charge in [0.2, 0.25) is 5.91 Å². The summed E-state index contributed by atoms with van der Waals surface area (Å²) in [6.45, 7) is 0.265. The molecule has 1 aromatic carbocycles. The first-order chi connectivity index (χ1) is 7.88. The molecule has 0 unspecified atom stereocenters. The molecule has 0 aliphatic rings. The molecule has 0 heterocycles. The van der Waals surface area contributed by atoms with E-state index in [-0.39, 0.29) is 6.54 Å². The van der Waals surface area contributed by atoms with Gasteiger partial charge in [0.1, 0.15) is 0 Å². The molecule has 17 heavy (non-hydrogen) atoms. The topological polar surface area (TPSA) is 41.1 Å². The Kier molecular flexibility index (Phi) is 4.51. The van der Waals surface area contributed by atoms with E-state index in [1.807, 2.05) is 11.4 Å². The van der Waals surface area contributed by atoms with Crippen LogP contribution in [0.5, 0.6) is 0 Å². The predicted octanol–water partition coefficient (Wildman–Crippen LogP) is 2.09. The van der Waals surface area contributed by atoms with Crippen LogP contribution in [-0.4, -0.2) is 25.2 Å². The van der Waals surface area contributed by atoms with Crippen LogP contribution in [0.25, 0.3) is 0 Å². The number of hydrogen-bond donors (Lipinski definition) is 2. The summed E-state index contributed by atoms with van der Waals surface area (Å²) < 4.78 is 35.4. The molecule has 1 aromatic rings. The number of aryl methyl sites for hydroxylation is 1. The highest BCUT2D eigenvalue weighted by Gasteiger charge is 2.26. The van der Waals surface area contributed by atoms with Crippen LogP contribution in [0.3, 0.4) is 0 Å². The molecule has 2 N–H and O–H groups in total. The third-order valence-electron chi connectivity index (χ3n) is 2.03. The lowest BCUT2D eigenvalue weighted by atomic mass is 10.2. The summed E-state index contributed by atoms with van der Waals surface area (Å²) in [5.41, 5.74) is 1.46. The third kappa shape index (κ3) is 5.35. The quantitative estimate of drug-likeness (QED) is 0.854. The number of carbonyl (C=O) groups is 1. The van der Waals surface area contributed by atoms with Gasteiger partial charge in [-0.05, 0) is 18.6 Å². The van der Waals surface area contributed by atoms with Gasteiger partial charge in [-0.15, -0.1) is 0 Å². The van der Waals surface area contributed by atoms with Crippen LogP contribution >= 0.6 is 0 Å². The minimum absolute atomic E-state index is 0.367. The van der Waals surface area contributed by atoms with Gasteiger partial charge in [0.15, 0.2) is 0 Å². The van der Waals surface area contributed by atoms with Crippen LogP contribution in [0.4, 0.5) is 18.9 Å². The maximum Gasteiger partial charge on any atom is 0.401 e. The first-order valence-corrected chi connectivity index (χ1v) is 5.01. The second-order valence-corrected chi connectivity index (χ2v) is 3.58. The zero-order valence-electron chi connectivity index (χ0n) is 9.27. The molecule has 0 saturated carbocycles. The van der Waals surface area contributed by atoms with Crippen molar-refractivity contribution in [2.45, 2.75) is 13.1 Å². The fraction of sp³-hybridized carbons (Fsp3) is 0.364. The van der Waals surface area contributed by atoms with Crippen LogP contribution in [0.2, 0.25) is 0 Å². The van der Waals surface area contributed by atoms with E-state index in [9.17, 15) is 18.0 Å². The maximum absolute atomic E-state index is 11.8. The number of carbonyl (C=O) groups excluding carboxylic acids is 1.